The Bertz CT molecular complexity index is 1830. The van der Waals surface area contributed by atoms with Gasteiger partial charge in [-0.25, -0.2) is 13.3 Å². The van der Waals surface area contributed by atoms with Crippen LogP contribution in [0.3, 0.4) is 0 Å². The first-order chi connectivity index (χ1) is 20.8. The van der Waals surface area contributed by atoms with Crippen LogP contribution in [-0.2, 0) is 16.1 Å². The fraction of sp³-hybridized carbons (Fsp3) is 0.182. The van der Waals surface area contributed by atoms with E-state index in [4.69, 9.17) is 10.5 Å². The van der Waals surface area contributed by atoms with Gasteiger partial charge in [-0.05, 0) is 79.0 Å². The van der Waals surface area contributed by atoms with E-state index >= 15 is 4.39 Å². The third kappa shape index (κ3) is 5.32. The zero-order chi connectivity index (χ0) is 30.1. The first kappa shape index (κ1) is 28.0. The van der Waals surface area contributed by atoms with Gasteiger partial charge in [0.1, 0.15) is 16.7 Å². The van der Waals surface area contributed by atoms with Crippen LogP contribution in [0.25, 0.3) is 16.6 Å². The largest absolute Gasteiger partial charge is 0.452 e. The molecule has 218 valence electrons. The lowest BCUT2D eigenvalue weighted by Gasteiger charge is -2.26. The number of fused-ring (bicyclic) bond motifs is 1. The molecule has 3 N–H and O–H groups in total. The van der Waals surface area contributed by atoms with E-state index < -0.39 is 28.9 Å². The van der Waals surface area contributed by atoms with E-state index in [-0.39, 0.29) is 30.0 Å². The third-order valence-corrected chi connectivity index (χ3v) is 7.65. The average Bonchev–Trinajstić information content (AvgIpc) is 3.72. The standard InChI is InChI=1S/C33H29F2N5O3/c1-2-37-20-21-4-3-5-22(18-21)26-13-17-39-30(26)29(12-16-38-39)43-28-11-10-25(19-27(28)35)40(24-8-6-23(34)7-9-24)32(42)33(14-15-33)31(36)41/h3-13,16-19,37H,2,14-15,20H2,1H3,(H2,36,41). The quantitative estimate of drug-likeness (QED) is 0.194. The molecular weight excluding hydrogens is 552 g/mol. The Kier molecular flexibility index (Phi) is 7.37. The maximum atomic E-state index is 15.7. The molecule has 0 bridgehead atoms. The normalized spacial score (nSPS) is 13.6. The van der Waals surface area contributed by atoms with Crippen LogP contribution in [0, 0.1) is 17.0 Å². The maximum absolute atomic E-state index is 15.7. The molecule has 5 aromatic rings. The summed E-state index contributed by atoms with van der Waals surface area (Å²) in [6.45, 7) is 3.63. The van der Waals surface area contributed by atoms with Crippen LogP contribution < -0.4 is 20.7 Å². The summed E-state index contributed by atoms with van der Waals surface area (Å²) in [7, 11) is 0. The fourth-order valence-electron chi connectivity index (χ4n) is 5.16. The van der Waals surface area contributed by atoms with Crippen molar-refractivity contribution in [3.05, 3.63) is 108 Å². The number of anilines is 2. The molecule has 1 fully saturated rings. The highest BCUT2D eigenvalue weighted by Gasteiger charge is 2.57. The highest BCUT2D eigenvalue weighted by atomic mass is 19.1. The summed E-state index contributed by atoms with van der Waals surface area (Å²) in [4.78, 5) is 26.9. The van der Waals surface area contributed by atoms with Crippen LogP contribution >= 0.6 is 0 Å². The van der Waals surface area contributed by atoms with Crippen molar-refractivity contribution in [1.82, 2.24) is 14.9 Å². The molecule has 10 heteroatoms. The van der Waals surface area contributed by atoms with Gasteiger partial charge in [0.15, 0.2) is 17.3 Å². The second kappa shape index (κ2) is 11.3. The lowest BCUT2D eigenvalue weighted by Crippen LogP contribution is -2.41. The number of halogens is 2. The van der Waals surface area contributed by atoms with E-state index in [1.807, 2.05) is 30.5 Å². The van der Waals surface area contributed by atoms with Crippen molar-refractivity contribution in [3.8, 4) is 22.6 Å². The van der Waals surface area contributed by atoms with E-state index in [2.05, 4.69) is 23.4 Å². The summed E-state index contributed by atoms with van der Waals surface area (Å²) in [6, 6.07) is 20.9. The molecule has 0 spiro atoms. The topological polar surface area (TPSA) is 102 Å². The predicted octanol–water partition coefficient (Wildman–Crippen LogP) is 6.11. The van der Waals surface area contributed by atoms with Crippen LogP contribution in [0.5, 0.6) is 11.5 Å². The second-order valence-electron chi connectivity index (χ2n) is 10.5. The molecule has 3 aromatic carbocycles. The Morgan fingerprint density at radius 1 is 1.00 bits per heavy atom. The summed E-state index contributed by atoms with van der Waals surface area (Å²) >= 11 is 0. The smallest absolute Gasteiger partial charge is 0.247 e. The van der Waals surface area contributed by atoms with Gasteiger partial charge in [-0.15, -0.1) is 0 Å². The SMILES string of the molecule is CCNCc1cccc(-c2ccn3nccc(Oc4ccc(N(C(=O)C5(C(N)=O)CC5)c5ccc(F)cc5)cc4F)c23)c1. The summed E-state index contributed by atoms with van der Waals surface area (Å²) < 4.78 is 37.1. The second-order valence-corrected chi connectivity index (χ2v) is 10.5. The molecule has 2 heterocycles. The molecule has 0 unspecified atom stereocenters. The summed E-state index contributed by atoms with van der Waals surface area (Å²) in [5.41, 5.74) is 8.22. The Balaban J connectivity index is 1.35. The van der Waals surface area contributed by atoms with Gasteiger partial charge in [0.25, 0.3) is 0 Å². The van der Waals surface area contributed by atoms with Gasteiger partial charge >= 0.3 is 0 Å². The van der Waals surface area contributed by atoms with Crippen molar-refractivity contribution in [2.24, 2.45) is 11.1 Å². The molecule has 1 aliphatic rings. The van der Waals surface area contributed by atoms with Crippen molar-refractivity contribution < 1.29 is 23.1 Å². The number of ether oxygens (including phenoxy) is 1. The Hall–Kier alpha value is -5.09. The lowest BCUT2D eigenvalue weighted by molar-refractivity contribution is -0.133. The number of rotatable bonds is 10. The first-order valence-electron chi connectivity index (χ1n) is 13.9. The zero-order valence-electron chi connectivity index (χ0n) is 23.4. The molecule has 0 radical (unpaired) electrons. The van der Waals surface area contributed by atoms with E-state index in [9.17, 15) is 14.0 Å². The van der Waals surface area contributed by atoms with Crippen LogP contribution in [0.15, 0.2) is 91.3 Å². The monoisotopic (exact) mass is 581 g/mol. The molecule has 0 atom stereocenters. The Morgan fingerprint density at radius 3 is 2.47 bits per heavy atom. The Labute approximate surface area is 246 Å². The third-order valence-electron chi connectivity index (χ3n) is 7.65. The number of nitrogens with one attached hydrogen (secondary N) is 1. The van der Waals surface area contributed by atoms with Crippen molar-refractivity contribution in [2.75, 3.05) is 11.4 Å². The molecule has 43 heavy (non-hydrogen) atoms. The van der Waals surface area contributed by atoms with Gasteiger partial charge in [-0.3, -0.25) is 14.5 Å². The van der Waals surface area contributed by atoms with Gasteiger partial charge in [0.2, 0.25) is 11.8 Å². The van der Waals surface area contributed by atoms with E-state index in [0.29, 0.717) is 11.3 Å². The number of nitrogens with two attached hydrogens (primary N) is 1. The van der Waals surface area contributed by atoms with Crippen molar-refractivity contribution in [1.29, 1.82) is 0 Å². The predicted molar refractivity (Wildman–Crippen MR) is 159 cm³/mol. The number of benzene rings is 3. The van der Waals surface area contributed by atoms with Crippen LogP contribution in [-0.4, -0.2) is 28.0 Å². The van der Waals surface area contributed by atoms with Crippen LogP contribution in [0.1, 0.15) is 25.3 Å². The number of hydrogen-bond donors (Lipinski definition) is 2. The maximum Gasteiger partial charge on any atom is 0.247 e. The number of carbonyl (C=O) groups is 2. The van der Waals surface area contributed by atoms with E-state index in [1.165, 1.54) is 41.3 Å². The number of aromatic nitrogens is 2. The fourth-order valence-corrected chi connectivity index (χ4v) is 5.16. The number of amides is 2. The highest BCUT2D eigenvalue weighted by Crippen LogP contribution is 2.49. The van der Waals surface area contributed by atoms with Crippen molar-refractivity contribution >= 4 is 28.7 Å². The minimum atomic E-state index is -1.38. The minimum absolute atomic E-state index is 0.0764. The lowest BCUT2D eigenvalue weighted by atomic mass is 10.0. The van der Waals surface area contributed by atoms with Crippen molar-refractivity contribution in [3.63, 3.8) is 0 Å². The zero-order valence-corrected chi connectivity index (χ0v) is 23.4. The van der Waals surface area contributed by atoms with Gasteiger partial charge < -0.3 is 15.8 Å². The molecule has 0 aliphatic heterocycles. The van der Waals surface area contributed by atoms with Crippen LogP contribution in [0.2, 0.25) is 0 Å². The first-order valence-corrected chi connectivity index (χ1v) is 13.9. The summed E-state index contributed by atoms with van der Waals surface area (Å²) in [6.07, 6.45) is 3.96. The molecule has 2 aromatic heterocycles. The molecular formula is C33H29F2N5O3. The average molecular weight is 582 g/mol. The highest BCUT2D eigenvalue weighted by molar-refractivity contribution is 6.16. The van der Waals surface area contributed by atoms with Gasteiger partial charge in [-0.2, -0.15) is 5.10 Å². The number of carbonyl (C=O) groups excluding carboxylic acids is 2. The number of primary amides is 1. The van der Waals surface area contributed by atoms with Gasteiger partial charge in [-0.1, -0.05) is 25.1 Å². The molecule has 2 amide bonds. The molecule has 6 rings (SSSR count). The van der Waals surface area contributed by atoms with Crippen LogP contribution in [0.4, 0.5) is 20.2 Å². The van der Waals surface area contributed by atoms with Crippen molar-refractivity contribution in [2.45, 2.75) is 26.3 Å². The summed E-state index contributed by atoms with van der Waals surface area (Å²) in [5, 5.41) is 7.71. The minimum Gasteiger partial charge on any atom is -0.452 e. The molecule has 1 aliphatic carbocycles. The molecule has 0 saturated heterocycles. The van der Waals surface area contributed by atoms with Gasteiger partial charge in [0.05, 0.1) is 11.9 Å². The molecule has 8 nitrogen and oxygen atoms in total. The Morgan fingerprint density at radius 2 is 1.77 bits per heavy atom. The number of hydrogen-bond acceptors (Lipinski definition) is 5. The van der Waals surface area contributed by atoms with Gasteiger partial charge in [0, 0.05) is 36.1 Å². The van der Waals surface area contributed by atoms with E-state index in [0.717, 1.165) is 35.8 Å². The number of nitrogens with zero attached hydrogens (tertiary/aromatic N) is 3. The van der Waals surface area contributed by atoms with E-state index in [1.54, 1.807) is 16.8 Å². The summed E-state index contributed by atoms with van der Waals surface area (Å²) in [5.74, 6) is -2.27. The molecule has 1 saturated carbocycles.